The van der Waals surface area contributed by atoms with E-state index in [0.717, 1.165) is 51.4 Å². The number of carbonyl (C=O) groups excluding carboxylic acids is 2. The second-order valence-corrected chi connectivity index (χ2v) is 9.13. The van der Waals surface area contributed by atoms with E-state index in [0.29, 0.717) is 20.7 Å². The maximum atomic E-state index is 12.9. The number of aryl methyl sites for hydroxylation is 1. The van der Waals surface area contributed by atoms with Crippen molar-refractivity contribution in [3.05, 3.63) is 27.1 Å². The summed E-state index contributed by atoms with van der Waals surface area (Å²) in [5.74, 6) is -0.549. The van der Waals surface area contributed by atoms with Crippen LogP contribution in [0.2, 0.25) is 0 Å². The molecule has 8 heteroatoms. The molecule has 7 nitrogen and oxygen atoms in total. The van der Waals surface area contributed by atoms with Crippen LogP contribution in [0.4, 0.5) is 0 Å². The van der Waals surface area contributed by atoms with E-state index in [1.165, 1.54) is 28.7 Å². The molecule has 2 aliphatic rings. The summed E-state index contributed by atoms with van der Waals surface area (Å²) in [6.45, 7) is 1.69. The third-order valence-corrected chi connectivity index (χ3v) is 7.14. The average molecular weight is 418 g/mol. The van der Waals surface area contributed by atoms with Gasteiger partial charge < -0.3 is 10.1 Å². The molecule has 2 aliphatic carbocycles. The highest BCUT2D eigenvalue weighted by molar-refractivity contribution is 7.20. The molecule has 0 atom stereocenters. The van der Waals surface area contributed by atoms with Gasteiger partial charge in [0.2, 0.25) is 5.91 Å². The molecule has 2 aromatic heterocycles. The molecule has 29 heavy (non-hydrogen) atoms. The number of fused-ring (bicyclic) bond motifs is 1. The molecule has 2 heterocycles. The molecule has 0 aromatic carbocycles. The van der Waals surface area contributed by atoms with Gasteiger partial charge in [0.25, 0.3) is 5.56 Å². The number of carbonyl (C=O) groups is 2. The fourth-order valence-corrected chi connectivity index (χ4v) is 5.37. The van der Waals surface area contributed by atoms with E-state index < -0.39 is 0 Å². The first-order chi connectivity index (χ1) is 14.0. The molecule has 0 spiro atoms. The van der Waals surface area contributed by atoms with Crippen LogP contribution in [0.15, 0.2) is 11.1 Å². The summed E-state index contributed by atoms with van der Waals surface area (Å²) < 4.78 is 6.99. The standard InChI is InChI=1S/C21H27N3O4S/c1-13-17-19(29-18(13)21(27)28-15-9-3-2-4-10-15)22-12-24(20(17)26)11-16(25)23-14-7-5-6-8-14/h12,14-15H,2-11H2,1H3,(H,23,25). The molecule has 156 valence electrons. The van der Waals surface area contributed by atoms with Crippen LogP contribution in [0.1, 0.15) is 73.0 Å². The minimum Gasteiger partial charge on any atom is -0.458 e. The number of ether oxygens (including phenoxy) is 1. The Morgan fingerprint density at radius 1 is 1.17 bits per heavy atom. The van der Waals surface area contributed by atoms with Crippen LogP contribution >= 0.6 is 11.3 Å². The molecule has 0 unspecified atom stereocenters. The number of thiophene rings is 1. The van der Waals surface area contributed by atoms with Crippen molar-refractivity contribution < 1.29 is 14.3 Å². The van der Waals surface area contributed by atoms with Crippen LogP contribution in [0.3, 0.4) is 0 Å². The number of rotatable bonds is 5. The summed E-state index contributed by atoms with van der Waals surface area (Å²) in [5, 5.41) is 3.39. The Bertz CT molecular complexity index is 968. The number of hydrogen-bond acceptors (Lipinski definition) is 6. The molecule has 0 saturated heterocycles. The number of hydrogen-bond donors (Lipinski definition) is 1. The topological polar surface area (TPSA) is 90.3 Å². The molecular formula is C21H27N3O4S. The van der Waals surface area contributed by atoms with Gasteiger partial charge in [-0.15, -0.1) is 11.3 Å². The SMILES string of the molecule is Cc1c(C(=O)OC2CCCCC2)sc2ncn(CC(=O)NC3CCCC3)c(=O)c12. The lowest BCUT2D eigenvalue weighted by molar-refractivity contribution is -0.122. The maximum absolute atomic E-state index is 12.9. The zero-order valence-electron chi connectivity index (χ0n) is 16.7. The monoisotopic (exact) mass is 417 g/mol. The summed E-state index contributed by atoms with van der Waals surface area (Å²) in [6, 6.07) is 0.207. The normalized spacial score (nSPS) is 18.2. The van der Waals surface area contributed by atoms with Gasteiger partial charge in [-0.1, -0.05) is 19.3 Å². The second-order valence-electron chi connectivity index (χ2n) is 8.13. The van der Waals surface area contributed by atoms with Crippen molar-refractivity contribution in [1.29, 1.82) is 0 Å². The number of nitrogens with one attached hydrogen (secondary N) is 1. The average Bonchev–Trinajstić information content (AvgIpc) is 3.33. The van der Waals surface area contributed by atoms with Crippen molar-refractivity contribution in [3.63, 3.8) is 0 Å². The second kappa shape index (κ2) is 8.65. The van der Waals surface area contributed by atoms with Gasteiger partial charge >= 0.3 is 5.97 Å². The largest absolute Gasteiger partial charge is 0.458 e. The van der Waals surface area contributed by atoms with E-state index in [1.54, 1.807) is 6.92 Å². The Balaban J connectivity index is 1.52. The lowest BCUT2D eigenvalue weighted by atomic mass is 9.98. The van der Waals surface area contributed by atoms with Crippen molar-refractivity contribution in [1.82, 2.24) is 14.9 Å². The van der Waals surface area contributed by atoms with Crippen molar-refractivity contribution in [3.8, 4) is 0 Å². The minimum absolute atomic E-state index is 0.0373. The zero-order chi connectivity index (χ0) is 20.4. The van der Waals surface area contributed by atoms with Crippen LogP contribution in [-0.4, -0.2) is 33.6 Å². The number of aromatic nitrogens is 2. The highest BCUT2D eigenvalue weighted by atomic mass is 32.1. The van der Waals surface area contributed by atoms with Crippen molar-refractivity contribution in [2.75, 3.05) is 0 Å². The Labute approximate surface area is 173 Å². The Kier molecular flexibility index (Phi) is 5.99. The number of esters is 1. The molecule has 0 aliphatic heterocycles. The van der Waals surface area contributed by atoms with Crippen LogP contribution < -0.4 is 10.9 Å². The molecule has 0 radical (unpaired) electrons. The molecule has 1 N–H and O–H groups in total. The minimum atomic E-state index is -0.373. The van der Waals surface area contributed by atoms with Gasteiger partial charge in [0.15, 0.2) is 0 Å². The number of nitrogens with zero attached hydrogens (tertiary/aromatic N) is 2. The van der Waals surface area contributed by atoms with Crippen molar-refractivity contribution >= 4 is 33.4 Å². The van der Waals surface area contributed by atoms with E-state index >= 15 is 0 Å². The molecule has 4 rings (SSSR count). The third-order valence-electron chi connectivity index (χ3n) is 5.96. The third kappa shape index (κ3) is 4.37. The summed E-state index contributed by atoms with van der Waals surface area (Å²) >= 11 is 1.19. The van der Waals surface area contributed by atoms with Crippen molar-refractivity contribution in [2.45, 2.75) is 83.4 Å². The van der Waals surface area contributed by atoms with Gasteiger partial charge in [-0.2, -0.15) is 0 Å². The summed E-state index contributed by atoms with van der Waals surface area (Å²) in [5.41, 5.74) is 0.302. The van der Waals surface area contributed by atoms with E-state index in [2.05, 4.69) is 10.3 Å². The fourth-order valence-electron chi connectivity index (χ4n) is 4.35. The van der Waals surface area contributed by atoms with E-state index in [1.807, 2.05) is 0 Å². The maximum Gasteiger partial charge on any atom is 0.348 e. The van der Waals surface area contributed by atoms with Gasteiger partial charge in [0.05, 0.1) is 11.7 Å². The smallest absolute Gasteiger partial charge is 0.348 e. The van der Waals surface area contributed by atoms with Gasteiger partial charge in [-0.25, -0.2) is 9.78 Å². The summed E-state index contributed by atoms with van der Waals surface area (Å²) in [7, 11) is 0. The molecule has 2 fully saturated rings. The van der Waals surface area contributed by atoms with Crippen LogP contribution in [0.25, 0.3) is 10.2 Å². The first-order valence-corrected chi connectivity index (χ1v) is 11.3. The molecule has 2 aromatic rings. The van der Waals surface area contributed by atoms with E-state index in [-0.39, 0.29) is 36.1 Å². The van der Waals surface area contributed by atoms with Gasteiger partial charge in [0, 0.05) is 6.04 Å². The molecule has 0 bridgehead atoms. The number of amides is 1. The van der Waals surface area contributed by atoms with E-state index in [9.17, 15) is 14.4 Å². The van der Waals surface area contributed by atoms with Gasteiger partial charge in [-0.3, -0.25) is 14.2 Å². The molecular weight excluding hydrogens is 390 g/mol. The predicted octanol–water partition coefficient (Wildman–Crippen LogP) is 3.31. The Hall–Kier alpha value is -2.22. The Morgan fingerprint density at radius 2 is 1.86 bits per heavy atom. The van der Waals surface area contributed by atoms with Gasteiger partial charge in [0.1, 0.15) is 22.4 Å². The highest BCUT2D eigenvalue weighted by Crippen LogP contribution is 2.29. The van der Waals surface area contributed by atoms with Gasteiger partial charge in [-0.05, 0) is 51.0 Å². The quantitative estimate of drug-likeness (QED) is 0.754. The predicted molar refractivity (Wildman–Crippen MR) is 111 cm³/mol. The van der Waals surface area contributed by atoms with Crippen molar-refractivity contribution in [2.24, 2.45) is 0 Å². The fraction of sp³-hybridized carbons (Fsp3) is 0.619. The summed E-state index contributed by atoms with van der Waals surface area (Å²) in [6.07, 6.45) is 10.8. The van der Waals surface area contributed by atoms with E-state index in [4.69, 9.17) is 4.74 Å². The highest BCUT2D eigenvalue weighted by Gasteiger charge is 2.25. The molecule has 2 saturated carbocycles. The Morgan fingerprint density at radius 3 is 2.59 bits per heavy atom. The van der Waals surface area contributed by atoms with Crippen LogP contribution in [0.5, 0.6) is 0 Å². The van der Waals surface area contributed by atoms with Crippen LogP contribution in [-0.2, 0) is 16.1 Å². The lowest BCUT2D eigenvalue weighted by Gasteiger charge is -2.21. The zero-order valence-corrected chi connectivity index (χ0v) is 17.6. The first-order valence-electron chi connectivity index (χ1n) is 10.5. The molecule has 1 amide bonds. The lowest BCUT2D eigenvalue weighted by Crippen LogP contribution is -2.37. The van der Waals surface area contributed by atoms with Crippen LogP contribution in [0, 0.1) is 6.92 Å². The summed E-state index contributed by atoms with van der Waals surface area (Å²) in [4.78, 5) is 43.2. The first kappa shape index (κ1) is 20.1.